The van der Waals surface area contributed by atoms with Gasteiger partial charge in [-0.2, -0.15) is 5.10 Å². The van der Waals surface area contributed by atoms with Crippen molar-refractivity contribution in [3.63, 3.8) is 0 Å². The summed E-state index contributed by atoms with van der Waals surface area (Å²) in [5, 5.41) is 17.9. The van der Waals surface area contributed by atoms with Crippen LogP contribution < -0.4 is 4.80 Å². The molecule has 100 valence electrons. The second-order valence-corrected chi connectivity index (χ2v) is 5.32. The van der Waals surface area contributed by atoms with Crippen molar-refractivity contribution in [2.45, 2.75) is 0 Å². The van der Waals surface area contributed by atoms with E-state index in [2.05, 4.69) is 22.3 Å². The van der Waals surface area contributed by atoms with Gasteiger partial charge in [-0.05, 0) is 24.3 Å². The Bertz CT molecular complexity index is 845. The molecule has 0 atom stereocenters. The summed E-state index contributed by atoms with van der Waals surface area (Å²) in [7, 11) is 1.97. The summed E-state index contributed by atoms with van der Waals surface area (Å²) in [4.78, 5) is 0.817. The molecule has 4 nitrogen and oxygen atoms in total. The zero-order valence-electron chi connectivity index (χ0n) is 10.9. The molecule has 1 N–H and O–H groups in total. The van der Waals surface area contributed by atoms with E-state index in [1.165, 1.54) is 4.70 Å². The van der Waals surface area contributed by atoms with Crippen molar-refractivity contribution >= 4 is 27.8 Å². The Kier molecular flexibility index (Phi) is 3.35. The maximum Gasteiger partial charge on any atom is 0.211 e. The Hall–Kier alpha value is -2.40. The van der Waals surface area contributed by atoms with Gasteiger partial charge in [0.1, 0.15) is 5.75 Å². The van der Waals surface area contributed by atoms with Crippen LogP contribution in [0.1, 0.15) is 5.56 Å². The molecule has 0 radical (unpaired) electrons. The number of hydrogen-bond donors (Lipinski definition) is 1. The molecule has 2 aromatic carbocycles. The Morgan fingerprint density at radius 2 is 1.85 bits per heavy atom. The SMILES string of the molecule is Cn1c(=N/N=C/c2ccccc2O)sc2ccccc21. The first kappa shape index (κ1) is 12.6. The van der Waals surface area contributed by atoms with Crippen molar-refractivity contribution in [1.29, 1.82) is 0 Å². The zero-order valence-corrected chi connectivity index (χ0v) is 11.7. The molecule has 5 heteroatoms. The average molecular weight is 283 g/mol. The van der Waals surface area contributed by atoms with Gasteiger partial charge in [-0.1, -0.05) is 35.6 Å². The van der Waals surface area contributed by atoms with Crippen LogP contribution in [-0.2, 0) is 7.05 Å². The van der Waals surface area contributed by atoms with Crippen molar-refractivity contribution in [1.82, 2.24) is 4.57 Å². The molecule has 0 saturated carbocycles. The van der Waals surface area contributed by atoms with E-state index < -0.39 is 0 Å². The molecule has 3 aromatic rings. The normalized spacial score (nSPS) is 12.6. The highest BCUT2D eigenvalue weighted by Crippen LogP contribution is 2.15. The second-order valence-electron chi connectivity index (χ2n) is 4.31. The van der Waals surface area contributed by atoms with Gasteiger partial charge in [0.25, 0.3) is 0 Å². The van der Waals surface area contributed by atoms with E-state index >= 15 is 0 Å². The Morgan fingerprint density at radius 1 is 1.10 bits per heavy atom. The molecule has 0 unspecified atom stereocenters. The van der Waals surface area contributed by atoms with Crippen LogP contribution in [0.25, 0.3) is 10.2 Å². The van der Waals surface area contributed by atoms with Crippen LogP contribution in [0.5, 0.6) is 5.75 Å². The van der Waals surface area contributed by atoms with E-state index in [9.17, 15) is 5.11 Å². The number of thiazole rings is 1. The van der Waals surface area contributed by atoms with Crippen LogP contribution in [0.15, 0.2) is 58.7 Å². The molecule has 1 heterocycles. The Balaban J connectivity index is 1.99. The van der Waals surface area contributed by atoms with Gasteiger partial charge in [0.2, 0.25) is 4.80 Å². The zero-order chi connectivity index (χ0) is 13.9. The molecule has 20 heavy (non-hydrogen) atoms. The first-order valence-corrected chi connectivity index (χ1v) is 6.97. The van der Waals surface area contributed by atoms with Crippen LogP contribution >= 0.6 is 11.3 Å². The predicted molar refractivity (Wildman–Crippen MR) is 82.1 cm³/mol. The fourth-order valence-electron chi connectivity index (χ4n) is 1.92. The fourth-order valence-corrected chi connectivity index (χ4v) is 2.89. The van der Waals surface area contributed by atoms with Crippen LogP contribution in [0, 0.1) is 0 Å². The third kappa shape index (κ3) is 2.35. The summed E-state index contributed by atoms with van der Waals surface area (Å²) < 4.78 is 3.17. The summed E-state index contributed by atoms with van der Waals surface area (Å²) in [5.74, 6) is 0.201. The number of para-hydroxylation sites is 2. The smallest absolute Gasteiger partial charge is 0.211 e. The van der Waals surface area contributed by atoms with Crippen molar-refractivity contribution in [2.24, 2.45) is 17.3 Å². The number of aromatic nitrogens is 1. The van der Waals surface area contributed by atoms with Gasteiger partial charge in [0, 0.05) is 12.6 Å². The predicted octanol–water partition coefficient (Wildman–Crippen LogP) is 2.88. The molecule has 0 fully saturated rings. The number of hydrogen-bond acceptors (Lipinski definition) is 4. The molecule has 3 rings (SSSR count). The summed E-state index contributed by atoms with van der Waals surface area (Å²) >= 11 is 1.58. The third-order valence-electron chi connectivity index (χ3n) is 2.99. The van der Waals surface area contributed by atoms with E-state index in [0.29, 0.717) is 5.56 Å². The van der Waals surface area contributed by atoms with Gasteiger partial charge < -0.3 is 9.67 Å². The number of nitrogens with zero attached hydrogens (tertiary/aromatic N) is 3. The standard InChI is InChI=1S/C15H13N3OS/c1-18-12-7-3-5-9-14(12)20-15(18)17-16-10-11-6-2-4-8-13(11)19/h2-10,19H,1H3/b16-10+,17-15?. The molecule has 0 aliphatic heterocycles. The number of aryl methyl sites for hydroxylation is 1. The number of phenolic OH excluding ortho intramolecular Hbond substituents is 1. The number of phenols is 1. The first-order valence-electron chi connectivity index (χ1n) is 6.15. The lowest BCUT2D eigenvalue weighted by Crippen LogP contribution is -2.08. The number of rotatable bonds is 2. The molecule has 0 bridgehead atoms. The molecular weight excluding hydrogens is 270 g/mol. The van der Waals surface area contributed by atoms with Crippen LogP contribution in [0.2, 0.25) is 0 Å². The fraction of sp³-hybridized carbons (Fsp3) is 0.0667. The van der Waals surface area contributed by atoms with Crippen molar-refractivity contribution < 1.29 is 5.11 Å². The number of fused-ring (bicyclic) bond motifs is 1. The highest BCUT2D eigenvalue weighted by Gasteiger charge is 2.00. The highest BCUT2D eigenvalue weighted by molar-refractivity contribution is 7.16. The van der Waals surface area contributed by atoms with Gasteiger partial charge in [-0.15, -0.1) is 5.10 Å². The number of aromatic hydroxyl groups is 1. The summed E-state index contributed by atoms with van der Waals surface area (Å²) in [6.45, 7) is 0. The maximum atomic E-state index is 9.64. The summed E-state index contributed by atoms with van der Waals surface area (Å²) in [5.41, 5.74) is 1.79. The molecule has 0 aliphatic carbocycles. The summed E-state index contributed by atoms with van der Waals surface area (Å²) in [6, 6.07) is 15.2. The largest absolute Gasteiger partial charge is 0.507 e. The second kappa shape index (κ2) is 5.30. The average Bonchev–Trinajstić information content (AvgIpc) is 2.78. The highest BCUT2D eigenvalue weighted by atomic mass is 32.1. The van der Waals surface area contributed by atoms with E-state index in [1.807, 2.05) is 29.8 Å². The topological polar surface area (TPSA) is 49.9 Å². The molecule has 0 saturated heterocycles. The van der Waals surface area contributed by atoms with Gasteiger partial charge >= 0.3 is 0 Å². The molecular formula is C15H13N3OS. The monoisotopic (exact) mass is 283 g/mol. The van der Waals surface area contributed by atoms with E-state index in [1.54, 1.807) is 35.8 Å². The quantitative estimate of drug-likeness (QED) is 0.570. The van der Waals surface area contributed by atoms with E-state index in [0.717, 1.165) is 10.3 Å². The van der Waals surface area contributed by atoms with Gasteiger partial charge in [0.15, 0.2) is 0 Å². The van der Waals surface area contributed by atoms with E-state index in [-0.39, 0.29) is 5.75 Å². The van der Waals surface area contributed by atoms with Crippen molar-refractivity contribution in [3.8, 4) is 5.75 Å². The maximum absolute atomic E-state index is 9.64. The lowest BCUT2D eigenvalue weighted by atomic mass is 10.2. The molecule has 0 aliphatic rings. The van der Waals surface area contributed by atoms with Gasteiger partial charge in [-0.25, -0.2) is 0 Å². The minimum absolute atomic E-state index is 0.201. The van der Waals surface area contributed by atoms with E-state index in [4.69, 9.17) is 0 Å². The molecule has 0 amide bonds. The van der Waals surface area contributed by atoms with Crippen molar-refractivity contribution in [3.05, 3.63) is 58.9 Å². The minimum atomic E-state index is 0.201. The third-order valence-corrected chi connectivity index (χ3v) is 4.09. The lowest BCUT2D eigenvalue weighted by Gasteiger charge is -1.94. The minimum Gasteiger partial charge on any atom is -0.507 e. The Labute approximate surface area is 120 Å². The molecule has 1 aromatic heterocycles. The first-order chi connectivity index (χ1) is 9.75. The van der Waals surface area contributed by atoms with Crippen LogP contribution in [0.4, 0.5) is 0 Å². The lowest BCUT2D eigenvalue weighted by molar-refractivity contribution is 0.474. The van der Waals surface area contributed by atoms with Crippen LogP contribution in [-0.4, -0.2) is 15.9 Å². The number of benzene rings is 2. The summed E-state index contributed by atoms with van der Waals surface area (Å²) in [6.07, 6.45) is 1.56. The van der Waals surface area contributed by atoms with Gasteiger partial charge in [0.05, 0.1) is 16.4 Å². The molecule has 0 spiro atoms. The Morgan fingerprint density at radius 3 is 2.65 bits per heavy atom. The van der Waals surface area contributed by atoms with Gasteiger partial charge in [-0.3, -0.25) is 0 Å². The van der Waals surface area contributed by atoms with Crippen molar-refractivity contribution in [2.75, 3.05) is 0 Å². The van der Waals surface area contributed by atoms with Crippen LogP contribution in [0.3, 0.4) is 0 Å².